The molecule has 0 fully saturated rings. The lowest BCUT2D eigenvalue weighted by atomic mass is 9.98. The Bertz CT molecular complexity index is 1560. The SMILES string of the molecule is O=C(Cl)OCC1c2cc(S(=O)(=O)[O-])c(S(=O)(=O)[O-])cc2-c2cc(S(=O)(=O)[O-])c(S(=O)(=O)O)cc21. The first-order chi connectivity index (χ1) is 15.2. The molecule has 0 aliphatic heterocycles. The summed E-state index contributed by atoms with van der Waals surface area (Å²) in [6.45, 7) is -0.779. The average Bonchev–Trinajstić information content (AvgIpc) is 2.94. The quantitative estimate of drug-likeness (QED) is 0.355. The van der Waals surface area contributed by atoms with Gasteiger partial charge in [-0.15, -0.1) is 0 Å². The highest BCUT2D eigenvalue weighted by Crippen LogP contribution is 2.49. The molecule has 0 amide bonds. The Hall–Kier alpha value is -2.16. The van der Waals surface area contributed by atoms with Crippen LogP contribution in [0.1, 0.15) is 17.0 Å². The molecule has 0 saturated heterocycles. The molecule has 2 aromatic carbocycles. The van der Waals surface area contributed by atoms with E-state index in [0.29, 0.717) is 24.3 Å². The van der Waals surface area contributed by atoms with E-state index in [1.807, 2.05) is 0 Å². The van der Waals surface area contributed by atoms with E-state index in [1.165, 1.54) is 0 Å². The molecule has 3 rings (SSSR count). The van der Waals surface area contributed by atoms with Gasteiger partial charge in [-0.2, -0.15) is 8.42 Å². The average molecular weight is 576 g/mol. The van der Waals surface area contributed by atoms with Crippen LogP contribution in [-0.4, -0.2) is 63.9 Å². The molecule has 1 N–H and O–H groups in total. The molecule has 0 heterocycles. The predicted octanol–water partition coefficient (Wildman–Crippen LogP) is 0.133. The molecule has 1 aliphatic rings. The van der Waals surface area contributed by atoms with Gasteiger partial charge in [0.25, 0.3) is 10.1 Å². The number of benzene rings is 2. The second kappa shape index (κ2) is 8.21. The Morgan fingerprint density at radius 2 is 1.12 bits per heavy atom. The smallest absolute Gasteiger partial charge is 0.403 e. The molecule has 34 heavy (non-hydrogen) atoms. The summed E-state index contributed by atoms with van der Waals surface area (Å²) in [5, 5.41) is 0. The summed E-state index contributed by atoms with van der Waals surface area (Å²) in [6, 6.07) is 1.80. The van der Waals surface area contributed by atoms with Crippen LogP contribution in [-0.2, 0) is 45.2 Å². The monoisotopic (exact) mass is 575 g/mol. The minimum absolute atomic E-state index is 0.303. The summed E-state index contributed by atoms with van der Waals surface area (Å²) in [7, 11) is -22.1. The van der Waals surface area contributed by atoms with Crippen molar-refractivity contribution in [1.29, 1.82) is 0 Å². The van der Waals surface area contributed by atoms with Crippen molar-refractivity contribution in [2.45, 2.75) is 25.5 Å². The zero-order valence-corrected chi connectivity index (χ0v) is 19.9. The number of fused-ring (bicyclic) bond motifs is 3. The highest BCUT2D eigenvalue weighted by Gasteiger charge is 2.36. The zero-order chi connectivity index (χ0) is 26.0. The van der Waals surface area contributed by atoms with Crippen LogP contribution >= 0.6 is 11.6 Å². The van der Waals surface area contributed by atoms with Gasteiger partial charge in [-0.1, -0.05) is 0 Å². The van der Waals surface area contributed by atoms with Crippen molar-refractivity contribution in [2.75, 3.05) is 6.61 Å². The molecule has 0 radical (unpaired) electrons. The van der Waals surface area contributed by atoms with Gasteiger partial charge in [-0.25, -0.2) is 30.0 Å². The Labute approximate surface area is 197 Å². The van der Waals surface area contributed by atoms with Gasteiger partial charge >= 0.3 is 5.43 Å². The van der Waals surface area contributed by atoms with E-state index in [-0.39, 0.29) is 11.1 Å². The third-order valence-corrected chi connectivity index (χ3v) is 8.61. The predicted molar refractivity (Wildman–Crippen MR) is 105 cm³/mol. The molecule has 0 aromatic heterocycles. The molecular weight excluding hydrogens is 568 g/mol. The first kappa shape index (κ1) is 26.4. The fourth-order valence-electron chi connectivity index (χ4n) is 3.48. The number of halogens is 1. The third kappa shape index (κ3) is 4.95. The van der Waals surface area contributed by atoms with E-state index in [0.717, 1.165) is 0 Å². The first-order valence-corrected chi connectivity index (χ1v) is 14.3. The fourth-order valence-corrected chi connectivity index (χ4v) is 7.08. The van der Waals surface area contributed by atoms with Gasteiger partial charge in [-0.05, 0) is 46.5 Å². The van der Waals surface area contributed by atoms with Gasteiger partial charge in [0.15, 0.2) is 0 Å². The number of carbonyl (C=O) groups excluding carboxylic acids is 1. The van der Waals surface area contributed by atoms with Crippen molar-refractivity contribution in [3.8, 4) is 11.1 Å². The molecule has 19 heteroatoms. The van der Waals surface area contributed by atoms with Gasteiger partial charge in [0.1, 0.15) is 41.9 Å². The molecule has 14 nitrogen and oxygen atoms in total. The summed E-state index contributed by atoms with van der Waals surface area (Å²) in [5.74, 6) is -1.40. The van der Waals surface area contributed by atoms with Gasteiger partial charge in [0.05, 0.1) is 14.7 Å². The van der Waals surface area contributed by atoms with Gasteiger partial charge in [0.2, 0.25) is 0 Å². The molecule has 1 unspecified atom stereocenters. The number of hydrogen-bond acceptors (Lipinski definition) is 13. The lowest BCUT2D eigenvalue weighted by molar-refractivity contribution is 0.170. The largest absolute Gasteiger partial charge is 0.744 e. The van der Waals surface area contributed by atoms with Crippen LogP contribution in [0, 0.1) is 0 Å². The van der Waals surface area contributed by atoms with Crippen LogP contribution in [0.4, 0.5) is 4.79 Å². The molecule has 0 spiro atoms. The van der Waals surface area contributed by atoms with E-state index in [1.54, 1.807) is 0 Å². The van der Waals surface area contributed by atoms with Crippen molar-refractivity contribution in [1.82, 2.24) is 0 Å². The van der Waals surface area contributed by atoms with E-state index in [4.69, 9.17) is 11.6 Å². The summed E-state index contributed by atoms with van der Waals surface area (Å²) >= 11 is 5.10. The van der Waals surface area contributed by atoms with E-state index < -0.39 is 89.1 Å². The molecule has 1 aliphatic carbocycles. The van der Waals surface area contributed by atoms with Crippen LogP contribution in [0.2, 0.25) is 0 Å². The number of hydrogen-bond donors (Lipinski definition) is 1. The lowest BCUT2D eigenvalue weighted by Crippen LogP contribution is -2.13. The topological polar surface area (TPSA) is 252 Å². The zero-order valence-electron chi connectivity index (χ0n) is 15.9. The normalized spacial score (nSPS) is 16.1. The Morgan fingerprint density at radius 3 is 1.47 bits per heavy atom. The van der Waals surface area contributed by atoms with Crippen LogP contribution in [0.3, 0.4) is 0 Å². The fraction of sp³-hybridized carbons (Fsp3) is 0.133. The first-order valence-electron chi connectivity index (χ1n) is 8.26. The highest BCUT2D eigenvalue weighted by atomic mass is 35.5. The van der Waals surface area contributed by atoms with E-state index >= 15 is 0 Å². The minimum atomic E-state index is -5.61. The van der Waals surface area contributed by atoms with Crippen molar-refractivity contribution in [2.24, 2.45) is 0 Å². The highest BCUT2D eigenvalue weighted by molar-refractivity contribution is 7.89. The Balaban J connectivity index is 2.52. The Kier molecular flexibility index (Phi) is 6.38. The molecular formula is C15H8ClO14S4-3. The van der Waals surface area contributed by atoms with Gasteiger partial charge < -0.3 is 18.4 Å². The van der Waals surface area contributed by atoms with Gasteiger partial charge in [0, 0.05) is 17.5 Å². The number of rotatable bonds is 6. The van der Waals surface area contributed by atoms with Crippen molar-refractivity contribution in [3.63, 3.8) is 0 Å². The molecule has 1 atom stereocenters. The van der Waals surface area contributed by atoms with Crippen LogP contribution in [0.15, 0.2) is 43.8 Å². The summed E-state index contributed by atoms with van der Waals surface area (Å²) in [5.41, 5.74) is -2.82. The van der Waals surface area contributed by atoms with Crippen molar-refractivity contribution in [3.05, 3.63) is 35.4 Å². The summed E-state index contributed by atoms with van der Waals surface area (Å²) in [6.07, 6.45) is 0. The third-order valence-electron chi connectivity index (χ3n) is 4.72. The second-order valence-electron chi connectivity index (χ2n) is 6.71. The summed E-state index contributed by atoms with van der Waals surface area (Å²) in [4.78, 5) is 5.24. The number of carbonyl (C=O) groups is 1. The Morgan fingerprint density at radius 1 is 0.765 bits per heavy atom. The number of ether oxygens (including phenoxy) is 1. The van der Waals surface area contributed by atoms with Crippen LogP contribution in [0.25, 0.3) is 11.1 Å². The summed E-state index contributed by atoms with van der Waals surface area (Å²) < 4.78 is 142. The molecule has 2 aromatic rings. The standard InChI is InChI=1S/C15H11ClO14S4/c16-15(17)30-5-10-8-3-13(33(24,25)26)11(31(18,19)20)1-6(8)7-2-12(32(21,22)23)14(4-9(7)10)34(27,28)29/h1-4,10H,5H2,(H,18,19,20)(H,21,22,23)(H,24,25,26)(H,27,28,29)/p-3. The van der Waals surface area contributed by atoms with Crippen LogP contribution < -0.4 is 0 Å². The maximum atomic E-state index is 11.7. The lowest BCUT2D eigenvalue weighted by Gasteiger charge is -2.19. The maximum Gasteiger partial charge on any atom is 0.403 e. The molecule has 0 bridgehead atoms. The van der Waals surface area contributed by atoms with E-state index in [2.05, 4.69) is 4.74 Å². The molecule has 186 valence electrons. The van der Waals surface area contributed by atoms with Crippen molar-refractivity contribution < 1.29 is 61.4 Å². The minimum Gasteiger partial charge on any atom is -0.744 e. The second-order valence-corrected chi connectivity index (χ2v) is 12.5. The maximum absolute atomic E-state index is 11.7. The van der Waals surface area contributed by atoms with Crippen molar-refractivity contribution >= 4 is 57.5 Å². The van der Waals surface area contributed by atoms with E-state index in [9.17, 15) is 56.7 Å². The van der Waals surface area contributed by atoms with Crippen LogP contribution in [0.5, 0.6) is 0 Å². The molecule has 0 saturated carbocycles. The van der Waals surface area contributed by atoms with Gasteiger partial charge in [-0.3, -0.25) is 4.55 Å².